The van der Waals surface area contributed by atoms with Crippen molar-refractivity contribution < 1.29 is 4.79 Å². The molecule has 1 aliphatic rings. The molecule has 0 bridgehead atoms. The van der Waals surface area contributed by atoms with Gasteiger partial charge in [-0.3, -0.25) is 9.48 Å². The van der Waals surface area contributed by atoms with Gasteiger partial charge in [-0.15, -0.1) is 0 Å². The van der Waals surface area contributed by atoms with Gasteiger partial charge in [-0.25, -0.2) is 4.98 Å². The zero-order valence-electron chi connectivity index (χ0n) is 13.3. The molecule has 0 unspecified atom stereocenters. The van der Waals surface area contributed by atoms with E-state index in [0.717, 1.165) is 39.0 Å². The average Bonchev–Trinajstić information content (AvgIpc) is 2.97. The van der Waals surface area contributed by atoms with Crippen molar-refractivity contribution in [3.8, 4) is 0 Å². The van der Waals surface area contributed by atoms with Crippen molar-refractivity contribution >= 4 is 5.91 Å². The molecule has 1 amide bonds. The molecule has 1 aliphatic heterocycles. The fraction of sp³-hybridized carbons (Fsp3) is 0.800. The first-order valence-corrected chi connectivity index (χ1v) is 7.91. The largest absolute Gasteiger partial charge is 0.342 e. The van der Waals surface area contributed by atoms with Crippen molar-refractivity contribution in [3.05, 3.63) is 12.7 Å². The van der Waals surface area contributed by atoms with Crippen LogP contribution in [0.4, 0.5) is 0 Å². The summed E-state index contributed by atoms with van der Waals surface area (Å²) in [4.78, 5) is 17.9. The molecular formula is C15H27N5O. The summed E-state index contributed by atoms with van der Waals surface area (Å²) in [7, 11) is 0. The molecule has 2 heterocycles. The third-order valence-corrected chi connectivity index (χ3v) is 4.10. The van der Waals surface area contributed by atoms with Crippen LogP contribution in [0.2, 0.25) is 0 Å². The van der Waals surface area contributed by atoms with E-state index < -0.39 is 0 Å². The highest BCUT2D eigenvalue weighted by atomic mass is 16.2. The van der Waals surface area contributed by atoms with Crippen LogP contribution >= 0.6 is 0 Å². The summed E-state index contributed by atoms with van der Waals surface area (Å²) >= 11 is 0. The molecule has 1 saturated heterocycles. The Morgan fingerprint density at radius 1 is 1.33 bits per heavy atom. The normalized spacial score (nSPS) is 18.2. The molecule has 1 N–H and O–H groups in total. The van der Waals surface area contributed by atoms with E-state index >= 15 is 0 Å². The van der Waals surface area contributed by atoms with E-state index in [-0.39, 0.29) is 5.92 Å². The second-order valence-electron chi connectivity index (χ2n) is 6.35. The van der Waals surface area contributed by atoms with Gasteiger partial charge in [-0.05, 0) is 32.2 Å². The van der Waals surface area contributed by atoms with Gasteiger partial charge < -0.3 is 10.2 Å². The van der Waals surface area contributed by atoms with Crippen LogP contribution in [-0.4, -0.2) is 51.2 Å². The number of likely N-dealkylation sites (tertiary alicyclic amines) is 1. The van der Waals surface area contributed by atoms with Crippen molar-refractivity contribution in [1.29, 1.82) is 0 Å². The fourth-order valence-corrected chi connectivity index (χ4v) is 2.76. The topological polar surface area (TPSA) is 63.1 Å². The van der Waals surface area contributed by atoms with Gasteiger partial charge >= 0.3 is 0 Å². The molecule has 1 aromatic heterocycles. The molecule has 0 aromatic carbocycles. The first kappa shape index (κ1) is 15.9. The minimum absolute atomic E-state index is 0.113. The maximum Gasteiger partial charge on any atom is 0.225 e. The highest BCUT2D eigenvalue weighted by molar-refractivity contribution is 5.78. The summed E-state index contributed by atoms with van der Waals surface area (Å²) in [5, 5.41) is 7.68. The molecule has 0 radical (unpaired) electrons. The van der Waals surface area contributed by atoms with E-state index in [0.29, 0.717) is 17.9 Å². The maximum atomic E-state index is 11.9. The first-order valence-electron chi connectivity index (χ1n) is 7.91. The number of carbonyl (C=O) groups excluding carboxylic acids is 1. The lowest BCUT2D eigenvalue weighted by atomic mass is 9.95. The Bertz CT molecular complexity index is 423. The number of carbonyl (C=O) groups is 1. The Labute approximate surface area is 126 Å². The molecule has 6 nitrogen and oxygen atoms in total. The van der Waals surface area contributed by atoms with E-state index in [1.807, 2.05) is 23.4 Å². The van der Waals surface area contributed by atoms with Crippen LogP contribution in [0.25, 0.3) is 0 Å². The van der Waals surface area contributed by atoms with Crippen molar-refractivity contribution in [2.75, 3.05) is 19.6 Å². The highest BCUT2D eigenvalue weighted by Gasteiger charge is 2.24. The number of amides is 1. The quantitative estimate of drug-likeness (QED) is 0.854. The first-order chi connectivity index (χ1) is 10.1. The monoisotopic (exact) mass is 293 g/mol. The lowest BCUT2D eigenvalue weighted by Gasteiger charge is -2.33. The van der Waals surface area contributed by atoms with E-state index in [1.54, 1.807) is 12.7 Å². The zero-order valence-corrected chi connectivity index (χ0v) is 13.3. The highest BCUT2D eigenvalue weighted by Crippen LogP contribution is 2.18. The van der Waals surface area contributed by atoms with Crippen LogP contribution in [0.5, 0.6) is 0 Å². The molecule has 21 heavy (non-hydrogen) atoms. The Balaban J connectivity index is 1.65. The molecule has 0 saturated carbocycles. The molecular weight excluding hydrogens is 266 g/mol. The number of hydrogen-bond acceptors (Lipinski definition) is 4. The fourth-order valence-electron chi connectivity index (χ4n) is 2.76. The van der Waals surface area contributed by atoms with Gasteiger partial charge in [-0.2, -0.15) is 5.10 Å². The van der Waals surface area contributed by atoms with Crippen molar-refractivity contribution in [2.45, 2.75) is 46.2 Å². The summed E-state index contributed by atoms with van der Waals surface area (Å²) in [5.41, 5.74) is 0. The van der Waals surface area contributed by atoms with Gasteiger partial charge in [0.15, 0.2) is 0 Å². The van der Waals surface area contributed by atoms with Crippen molar-refractivity contribution in [2.24, 2.45) is 11.8 Å². The number of aromatic nitrogens is 3. The van der Waals surface area contributed by atoms with Gasteiger partial charge in [-0.1, -0.05) is 13.8 Å². The molecule has 1 fully saturated rings. The number of hydrogen-bond donors (Lipinski definition) is 1. The second kappa shape index (κ2) is 7.54. The van der Waals surface area contributed by atoms with Gasteiger partial charge in [0.05, 0.1) is 6.54 Å². The van der Waals surface area contributed by atoms with E-state index in [9.17, 15) is 4.79 Å². The van der Waals surface area contributed by atoms with Crippen LogP contribution in [0.15, 0.2) is 12.7 Å². The average molecular weight is 293 g/mol. The number of rotatable bonds is 6. The lowest BCUT2D eigenvalue weighted by Crippen LogP contribution is -2.43. The smallest absolute Gasteiger partial charge is 0.225 e. The summed E-state index contributed by atoms with van der Waals surface area (Å²) in [6.07, 6.45) is 5.51. The number of piperidine rings is 1. The van der Waals surface area contributed by atoms with E-state index in [4.69, 9.17) is 0 Å². The molecule has 1 aromatic rings. The summed E-state index contributed by atoms with van der Waals surface area (Å²) < 4.78 is 1.85. The minimum atomic E-state index is 0.113. The predicted molar refractivity (Wildman–Crippen MR) is 81.6 cm³/mol. The van der Waals surface area contributed by atoms with E-state index in [2.05, 4.69) is 22.3 Å². The standard InChI is InChI=1S/C15H27N5O/c1-12(2)15(21)19-6-4-14(5-7-19)8-17-13(3)9-20-11-16-10-18-20/h10-14,17H,4-9H2,1-3H3/t13-/m0/s1. The molecule has 0 spiro atoms. The van der Waals surface area contributed by atoms with Gasteiger partial charge in [0.1, 0.15) is 12.7 Å². The molecule has 0 aliphatic carbocycles. The van der Waals surface area contributed by atoms with Crippen LogP contribution in [-0.2, 0) is 11.3 Å². The Kier molecular flexibility index (Phi) is 5.73. The minimum Gasteiger partial charge on any atom is -0.342 e. The van der Waals surface area contributed by atoms with Crippen LogP contribution in [0, 0.1) is 11.8 Å². The maximum absolute atomic E-state index is 11.9. The van der Waals surface area contributed by atoms with Crippen molar-refractivity contribution in [1.82, 2.24) is 25.0 Å². The molecule has 118 valence electrons. The van der Waals surface area contributed by atoms with Crippen LogP contribution in [0.1, 0.15) is 33.6 Å². The Morgan fingerprint density at radius 3 is 2.62 bits per heavy atom. The SMILES string of the molecule is CC(C)C(=O)N1CCC(CN[C@@H](C)Cn2cncn2)CC1. The van der Waals surface area contributed by atoms with Gasteiger partial charge in [0.25, 0.3) is 0 Å². The third-order valence-electron chi connectivity index (χ3n) is 4.10. The summed E-state index contributed by atoms with van der Waals surface area (Å²) in [6.45, 7) is 9.77. The number of nitrogens with one attached hydrogen (secondary N) is 1. The van der Waals surface area contributed by atoms with Gasteiger partial charge in [0, 0.05) is 25.0 Å². The number of nitrogens with zero attached hydrogens (tertiary/aromatic N) is 4. The van der Waals surface area contributed by atoms with Gasteiger partial charge in [0.2, 0.25) is 5.91 Å². The van der Waals surface area contributed by atoms with E-state index in [1.165, 1.54) is 0 Å². The summed E-state index contributed by atoms with van der Waals surface area (Å²) in [5.74, 6) is 1.07. The lowest BCUT2D eigenvalue weighted by molar-refractivity contribution is -0.135. The Hall–Kier alpha value is -1.43. The second-order valence-corrected chi connectivity index (χ2v) is 6.35. The molecule has 6 heteroatoms. The van der Waals surface area contributed by atoms with Crippen molar-refractivity contribution in [3.63, 3.8) is 0 Å². The summed E-state index contributed by atoms with van der Waals surface area (Å²) in [6, 6.07) is 0.377. The third kappa shape index (κ3) is 4.81. The molecule has 1 atom stereocenters. The Morgan fingerprint density at radius 2 is 2.05 bits per heavy atom. The van der Waals surface area contributed by atoms with Crippen LogP contribution < -0.4 is 5.32 Å². The van der Waals surface area contributed by atoms with Crippen LogP contribution in [0.3, 0.4) is 0 Å². The zero-order chi connectivity index (χ0) is 15.2. The predicted octanol–water partition coefficient (Wildman–Crippen LogP) is 1.15. The molecule has 2 rings (SSSR count).